The van der Waals surface area contributed by atoms with Crippen molar-refractivity contribution in [3.8, 4) is 11.6 Å². The highest BCUT2D eigenvalue weighted by Crippen LogP contribution is 2.29. The lowest BCUT2D eigenvalue weighted by molar-refractivity contribution is 0.145. The minimum atomic E-state index is -3.46. The molecule has 8 nitrogen and oxygen atoms in total. The predicted octanol–water partition coefficient (Wildman–Crippen LogP) is 1.53. The van der Waals surface area contributed by atoms with Crippen LogP contribution in [0.4, 0.5) is 5.69 Å². The van der Waals surface area contributed by atoms with Crippen LogP contribution in [0.2, 0.25) is 0 Å². The number of hydrogen-bond acceptors (Lipinski definition) is 6. The van der Waals surface area contributed by atoms with Gasteiger partial charge in [-0.2, -0.15) is 5.10 Å². The second-order valence-electron chi connectivity index (χ2n) is 5.36. The topological polar surface area (TPSA) is 95.3 Å². The van der Waals surface area contributed by atoms with Crippen LogP contribution in [0, 0.1) is 0 Å². The van der Waals surface area contributed by atoms with Crippen molar-refractivity contribution in [1.82, 2.24) is 14.8 Å². The summed E-state index contributed by atoms with van der Waals surface area (Å²) in [4.78, 5) is 4.18. The first-order valence-electron chi connectivity index (χ1n) is 7.25. The Kier molecular flexibility index (Phi) is 4.79. The third-order valence-corrected chi connectivity index (χ3v) is 4.82. The summed E-state index contributed by atoms with van der Waals surface area (Å²) in [6.45, 7) is 1.27. The van der Waals surface area contributed by atoms with Crippen LogP contribution >= 0.6 is 15.9 Å². The van der Waals surface area contributed by atoms with Gasteiger partial charge >= 0.3 is 0 Å². The molecule has 0 saturated carbocycles. The van der Waals surface area contributed by atoms with E-state index >= 15 is 0 Å². The molecule has 0 unspecified atom stereocenters. The number of aromatic nitrogens is 3. The number of sulfonamides is 1. The fraction of sp³-hybridized carbons (Fsp3) is 0.429. The van der Waals surface area contributed by atoms with E-state index in [1.807, 2.05) is 0 Å². The van der Waals surface area contributed by atoms with Crippen molar-refractivity contribution < 1.29 is 17.9 Å². The number of ether oxygens (including phenoxy) is 2. The fourth-order valence-corrected chi connectivity index (χ4v) is 3.74. The average Bonchev–Trinajstić information content (AvgIpc) is 2.70. The number of nitrogens with one attached hydrogen (secondary N) is 1. The van der Waals surface area contributed by atoms with E-state index in [-0.39, 0.29) is 11.6 Å². The first-order chi connectivity index (χ1) is 11.4. The highest BCUT2D eigenvalue weighted by Gasteiger charge is 2.21. The molecule has 0 radical (unpaired) electrons. The van der Waals surface area contributed by atoms with Crippen molar-refractivity contribution in [1.29, 1.82) is 0 Å². The first-order valence-corrected chi connectivity index (χ1v) is 9.93. The van der Waals surface area contributed by atoms with Crippen molar-refractivity contribution in [2.24, 2.45) is 0 Å². The lowest BCUT2D eigenvalue weighted by Gasteiger charge is -2.12. The smallest absolute Gasteiger partial charge is 0.238 e. The minimum absolute atomic E-state index is 0.199. The average molecular weight is 417 g/mol. The van der Waals surface area contributed by atoms with Crippen LogP contribution in [0.3, 0.4) is 0 Å². The third kappa shape index (κ3) is 3.55. The Hall–Kier alpha value is -1.65. The molecule has 10 heteroatoms. The largest absolute Gasteiger partial charge is 0.479 e. The van der Waals surface area contributed by atoms with Gasteiger partial charge in [0.25, 0.3) is 0 Å². The molecule has 0 amide bonds. The van der Waals surface area contributed by atoms with Crippen molar-refractivity contribution in [2.75, 3.05) is 31.3 Å². The highest BCUT2D eigenvalue weighted by atomic mass is 79.9. The number of halogens is 1. The summed E-state index contributed by atoms with van der Waals surface area (Å²) in [5, 5.41) is 4.52. The molecule has 3 heterocycles. The molecule has 1 aliphatic heterocycles. The van der Waals surface area contributed by atoms with Crippen LogP contribution in [-0.4, -0.2) is 49.8 Å². The first kappa shape index (κ1) is 17.2. The summed E-state index contributed by atoms with van der Waals surface area (Å²) in [5.74, 6) is 0.199. The Morgan fingerprint density at radius 2 is 2.12 bits per heavy atom. The van der Waals surface area contributed by atoms with E-state index in [2.05, 4.69) is 30.7 Å². The molecule has 0 bridgehead atoms. The molecule has 0 spiro atoms. The van der Waals surface area contributed by atoms with Gasteiger partial charge in [-0.1, -0.05) is 0 Å². The van der Waals surface area contributed by atoms with Crippen molar-refractivity contribution in [3.63, 3.8) is 0 Å². The number of nitrogens with zero attached hydrogens (tertiary/aromatic N) is 3. The molecule has 2 aromatic rings. The molecule has 2 aromatic heterocycles. The summed E-state index contributed by atoms with van der Waals surface area (Å²) >= 11 is 3.49. The second-order valence-corrected chi connectivity index (χ2v) is 7.86. The van der Waals surface area contributed by atoms with Gasteiger partial charge in [0.1, 0.15) is 10.3 Å². The van der Waals surface area contributed by atoms with Crippen molar-refractivity contribution in [3.05, 3.63) is 28.1 Å². The number of rotatable bonds is 4. The van der Waals surface area contributed by atoms with Gasteiger partial charge in [0.15, 0.2) is 0 Å². The van der Waals surface area contributed by atoms with E-state index < -0.39 is 10.0 Å². The summed E-state index contributed by atoms with van der Waals surface area (Å²) in [7, 11) is -2.02. The molecule has 0 aromatic carbocycles. The molecule has 0 fully saturated rings. The monoisotopic (exact) mass is 416 g/mol. The number of fused-ring (bicyclic) bond motifs is 1. The Labute approximate surface area is 148 Å². The quantitative estimate of drug-likeness (QED) is 0.811. The van der Waals surface area contributed by atoms with Crippen LogP contribution in [-0.2, 0) is 27.6 Å². The molecular formula is C14H17BrN4O4S. The summed E-state index contributed by atoms with van der Waals surface area (Å²) in [6.07, 6.45) is 4.16. The molecule has 3 rings (SSSR count). The van der Waals surface area contributed by atoms with Gasteiger partial charge in [-0.15, -0.1) is 0 Å². The zero-order valence-corrected chi connectivity index (χ0v) is 15.6. The molecule has 24 heavy (non-hydrogen) atoms. The summed E-state index contributed by atoms with van der Waals surface area (Å²) in [5.41, 5.74) is 3.03. The number of pyridine rings is 1. The number of hydrogen-bond donors (Lipinski definition) is 1. The summed E-state index contributed by atoms with van der Waals surface area (Å²) in [6, 6.07) is 1.65. The van der Waals surface area contributed by atoms with E-state index in [0.717, 1.165) is 35.0 Å². The van der Waals surface area contributed by atoms with Gasteiger partial charge in [0.05, 0.1) is 44.2 Å². The van der Waals surface area contributed by atoms with Crippen LogP contribution in [0.15, 0.2) is 16.9 Å². The summed E-state index contributed by atoms with van der Waals surface area (Å²) < 4.78 is 38.7. The molecule has 1 aliphatic rings. The fourth-order valence-electron chi connectivity index (χ4n) is 2.61. The van der Waals surface area contributed by atoms with E-state index in [4.69, 9.17) is 9.47 Å². The highest BCUT2D eigenvalue weighted by molar-refractivity contribution is 9.10. The second kappa shape index (κ2) is 6.69. The van der Waals surface area contributed by atoms with Gasteiger partial charge in [-0.25, -0.2) is 18.1 Å². The van der Waals surface area contributed by atoms with Gasteiger partial charge < -0.3 is 9.47 Å². The molecule has 130 valence electrons. The lowest BCUT2D eigenvalue weighted by Crippen LogP contribution is -2.12. The molecule has 0 atom stereocenters. The number of methoxy groups -OCH3 is 1. The third-order valence-electron chi connectivity index (χ3n) is 3.59. The lowest BCUT2D eigenvalue weighted by atomic mass is 10.1. The van der Waals surface area contributed by atoms with Gasteiger partial charge in [-0.05, 0) is 22.0 Å². The SMILES string of the molecule is COc1ncc(-n2nc(Br)c3c2CCOCC3)cc1NS(C)(=O)=O. The van der Waals surface area contributed by atoms with Crippen LogP contribution in [0.1, 0.15) is 11.3 Å². The van der Waals surface area contributed by atoms with E-state index in [0.29, 0.717) is 18.9 Å². The maximum absolute atomic E-state index is 11.6. The Bertz CT molecular complexity index is 866. The maximum atomic E-state index is 11.6. The standard InChI is InChI=1S/C14H17BrN4O4S/c1-22-14-11(18-24(2,20)21)7-9(8-16-14)19-12-4-6-23-5-3-10(12)13(15)17-19/h7-8,18H,3-6H2,1-2H3. The van der Waals surface area contributed by atoms with Crippen LogP contribution in [0.5, 0.6) is 5.88 Å². The Morgan fingerprint density at radius 3 is 2.83 bits per heavy atom. The van der Waals surface area contributed by atoms with Gasteiger partial charge in [0.2, 0.25) is 15.9 Å². The molecule has 0 saturated heterocycles. The molecule has 1 N–H and O–H groups in total. The van der Waals surface area contributed by atoms with Crippen LogP contribution < -0.4 is 9.46 Å². The van der Waals surface area contributed by atoms with E-state index in [9.17, 15) is 8.42 Å². The van der Waals surface area contributed by atoms with Crippen molar-refractivity contribution >= 4 is 31.6 Å². The van der Waals surface area contributed by atoms with E-state index in [1.165, 1.54) is 7.11 Å². The Morgan fingerprint density at radius 1 is 1.38 bits per heavy atom. The van der Waals surface area contributed by atoms with Crippen LogP contribution in [0.25, 0.3) is 5.69 Å². The Balaban J connectivity index is 2.09. The zero-order valence-electron chi connectivity index (χ0n) is 13.2. The number of anilines is 1. The van der Waals surface area contributed by atoms with Crippen molar-refractivity contribution in [2.45, 2.75) is 12.8 Å². The van der Waals surface area contributed by atoms with Gasteiger partial charge in [0, 0.05) is 18.4 Å². The van der Waals surface area contributed by atoms with Gasteiger partial charge in [-0.3, -0.25) is 4.72 Å². The maximum Gasteiger partial charge on any atom is 0.238 e. The minimum Gasteiger partial charge on any atom is -0.479 e. The predicted molar refractivity (Wildman–Crippen MR) is 92.3 cm³/mol. The normalized spacial score (nSPS) is 14.8. The molecule has 0 aliphatic carbocycles. The van der Waals surface area contributed by atoms with E-state index in [1.54, 1.807) is 16.9 Å². The molecular weight excluding hydrogens is 400 g/mol. The zero-order chi connectivity index (χ0) is 17.3.